The summed E-state index contributed by atoms with van der Waals surface area (Å²) in [4.78, 5) is 9.30. The second kappa shape index (κ2) is 1.85. The van der Waals surface area contributed by atoms with Crippen molar-refractivity contribution in [2.45, 2.75) is 0 Å². The first kappa shape index (κ1) is 5.74. The number of hydrogen-bond donors (Lipinski definition) is 1. The molecule has 0 saturated heterocycles. The van der Waals surface area contributed by atoms with Crippen LogP contribution in [0.3, 0.4) is 0 Å². The van der Waals surface area contributed by atoms with Gasteiger partial charge in [-0.1, -0.05) is 0 Å². The van der Waals surface area contributed by atoms with Gasteiger partial charge in [-0.3, -0.25) is 15.5 Å². The lowest BCUT2D eigenvalue weighted by Gasteiger charge is -1.89. The Kier molecular flexibility index (Phi) is 1.18. The van der Waals surface area contributed by atoms with Gasteiger partial charge in [0, 0.05) is 6.08 Å². The zero-order valence-electron chi connectivity index (χ0n) is 4.46. The molecular weight excluding hydrogens is 124 g/mol. The van der Waals surface area contributed by atoms with E-state index in [-0.39, 0.29) is 18.2 Å². The molecular formula is C4H4N2O3. The molecule has 1 rings (SSSR count). The fourth-order valence-electron chi connectivity index (χ4n) is 0.528. The Morgan fingerprint density at radius 2 is 2.56 bits per heavy atom. The van der Waals surface area contributed by atoms with Crippen molar-refractivity contribution < 1.29 is 9.66 Å². The highest BCUT2D eigenvalue weighted by molar-refractivity contribution is 5.90. The largest absolute Gasteiger partial charge is 0.469 e. The van der Waals surface area contributed by atoms with Gasteiger partial charge in [0.25, 0.3) is 5.90 Å². The van der Waals surface area contributed by atoms with E-state index in [4.69, 9.17) is 5.41 Å². The Balaban J connectivity index is 2.80. The molecule has 0 spiro atoms. The van der Waals surface area contributed by atoms with Crippen LogP contribution in [0.15, 0.2) is 11.8 Å². The highest BCUT2D eigenvalue weighted by Crippen LogP contribution is 2.05. The predicted octanol–water partition coefficient (Wildman–Crippen LogP) is 0.154. The molecule has 0 radical (unpaired) electrons. The average molecular weight is 128 g/mol. The molecule has 0 atom stereocenters. The quantitative estimate of drug-likeness (QED) is 0.403. The number of nitrogens with one attached hydrogen (secondary N) is 1. The summed E-state index contributed by atoms with van der Waals surface area (Å²) in [5.74, 6) is -0.347. The topological polar surface area (TPSA) is 76.2 Å². The molecule has 5 heteroatoms. The molecule has 0 unspecified atom stereocenters. The van der Waals surface area contributed by atoms with E-state index >= 15 is 0 Å². The Bertz CT molecular complexity index is 196. The van der Waals surface area contributed by atoms with Gasteiger partial charge in [0.1, 0.15) is 6.61 Å². The first-order chi connectivity index (χ1) is 4.22. The summed E-state index contributed by atoms with van der Waals surface area (Å²) in [7, 11) is 0. The van der Waals surface area contributed by atoms with Gasteiger partial charge >= 0.3 is 5.70 Å². The summed E-state index contributed by atoms with van der Waals surface area (Å²) in [5, 5.41) is 16.7. The van der Waals surface area contributed by atoms with Gasteiger partial charge in [-0.2, -0.15) is 0 Å². The van der Waals surface area contributed by atoms with E-state index in [0.29, 0.717) is 0 Å². The van der Waals surface area contributed by atoms with Crippen LogP contribution in [-0.2, 0) is 4.74 Å². The van der Waals surface area contributed by atoms with E-state index < -0.39 is 4.92 Å². The summed E-state index contributed by atoms with van der Waals surface area (Å²) in [5.41, 5.74) is -0.241. The fraction of sp³-hybridized carbons (Fsp3) is 0.250. The minimum absolute atomic E-state index is 0.148. The average Bonchev–Trinajstić information content (AvgIpc) is 2.13. The lowest BCUT2D eigenvalue weighted by atomic mass is 10.4. The Morgan fingerprint density at radius 3 is 2.78 bits per heavy atom. The molecule has 0 saturated carbocycles. The van der Waals surface area contributed by atoms with Gasteiger partial charge in [0.05, 0.1) is 4.92 Å². The van der Waals surface area contributed by atoms with Crippen molar-refractivity contribution >= 4 is 5.90 Å². The van der Waals surface area contributed by atoms with Gasteiger partial charge in [-0.25, -0.2) is 0 Å². The normalized spacial score (nSPS) is 16.9. The van der Waals surface area contributed by atoms with Crippen LogP contribution in [0.5, 0.6) is 0 Å². The molecule has 0 aromatic carbocycles. The summed E-state index contributed by atoms with van der Waals surface area (Å²) >= 11 is 0. The highest BCUT2D eigenvalue weighted by atomic mass is 16.6. The van der Waals surface area contributed by atoms with Crippen molar-refractivity contribution in [1.29, 1.82) is 5.41 Å². The molecule has 0 aromatic heterocycles. The number of hydrogen-bond acceptors (Lipinski definition) is 4. The maximum Gasteiger partial charge on any atom is 0.329 e. The van der Waals surface area contributed by atoms with Gasteiger partial charge in [-0.15, -0.1) is 0 Å². The van der Waals surface area contributed by atoms with Crippen LogP contribution in [0.2, 0.25) is 0 Å². The van der Waals surface area contributed by atoms with Crippen LogP contribution in [0.25, 0.3) is 0 Å². The maximum atomic E-state index is 9.93. The van der Waals surface area contributed by atoms with Gasteiger partial charge < -0.3 is 4.74 Å². The van der Waals surface area contributed by atoms with Crippen LogP contribution < -0.4 is 0 Å². The monoisotopic (exact) mass is 128 g/mol. The first-order valence-electron chi connectivity index (χ1n) is 2.28. The molecule has 0 bridgehead atoms. The summed E-state index contributed by atoms with van der Waals surface area (Å²) in [6, 6.07) is 0. The Hall–Kier alpha value is -1.39. The first-order valence-corrected chi connectivity index (χ1v) is 2.28. The minimum Gasteiger partial charge on any atom is -0.469 e. The summed E-state index contributed by atoms with van der Waals surface area (Å²) < 4.78 is 4.48. The van der Waals surface area contributed by atoms with E-state index in [0.717, 1.165) is 0 Å². The van der Waals surface area contributed by atoms with Crippen LogP contribution in [0.4, 0.5) is 0 Å². The van der Waals surface area contributed by atoms with Crippen molar-refractivity contribution in [2.24, 2.45) is 0 Å². The van der Waals surface area contributed by atoms with Gasteiger partial charge in [0.2, 0.25) is 0 Å². The zero-order chi connectivity index (χ0) is 6.85. The molecule has 0 aromatic rings. The molecule has 1 aliphatic heterocycles. The summed E-state index contributed by atoms with van der Waals surface area (Å²) in [6.07, 6.45) is 1.27. The molecule has 0 fully saturated rings. The second-order valence-corrected chi connectivity index (χ2v) is 1.49. The van der Waals surface area contributed by atoms with E-state index in [1.807, 2.05) is 0 Å². The van der Waals surface area contributed by atoms with E-state index in [9.17, 15) is 10.1 Å². The van der Waals surface area contributed by atoms with Crippen molar-refractivity contribution in [1.82, 2.24) is 0 Å². The fourth-order valence-corrected chi connectivity index (χ4v) is 0.528. The van der Waals surface area contributed by atoms with Crippen molar-refractivity contribution in [2.75, 3.05) is 6.61 Å². The van der Waals surface area contributed by atoms with Crippen LogP contribution in [0.1, 0.15) is 0 Å². The highest BCUT2D eigenvalue weighted by Gasteiger charge is 2.23. The summed E-state index contributed by atoms with van der Waals surface area (Å²) in [6.45, 7) is 0.148. The standard InChI is InChI=1S/C4H4N2O3/c5-4-3(6(7)8)1-2-9-4/h1,5H,2H2. The van der Waals surface area contributed by atoms with Crippen LogP contribution in [0, 0.1) is 15.5 Å². The Morgan fingerprint density at radius 1 is 1.89 bits per heavy atom. The number of rotatable bonds is 1. The molecule has 5 nitrogen and oxygen atoms in total. The van der Waals surface area contributed by atoms with E-state index in [1.54, 1.807) is 0 Å². The van der Waals surface area contributed by atoms with Crippen LogP contribution in [-0.4, -0.2) is 17.4 Å². The molecule has 1 heterocycles. The van der Waals surface area contributed by atoms with Gasteiger partial charge in [-0.05, 0) is 0 Å². The van der Waals surface area contributed by atoms with Crippen molar-refractivity contribution in [3.05, 3.63) is 21.9 Å². The lowest BCUT2D eigenvalue weighted by molar-refractivity contribution is -0.415. The molecule has 1 aliphatic rings. The SMILES string of the molecule is N=C1OCC=C1[N+](=O)[O-]. The number of nitro groups is 1. The molecule has 9 heavy (non-hydrogen) atoms. The molecule has 0 amide bonds. The third-order valence-corrected chi connectivity index (χ3v) is 0.934. The smallest absolute Gasteiger partial charge is 0.329 e. The minimum atomic E-state index is -0.630. The van der Waals surface area contributed by atoms with Gasteiger partial charge in [0.15, 0.2) is 0 Å². The zero-order valence-corrected chi connectivity index (χ0v) is 4.46. The molecule has 0 aliphatic carbocycles. The number of ether oxygens (including phenoxy) is 1. The number of nitrogens with zero attached hydrogens (tertiary/aromatic N) is 1. The van der Waals surface area contributed by atoms with Crippen LogP contribution >= 0.6 is 0 Å². The lowest BCUT2D eigenvalue weighted by Crippen LogP contribution is -2.06. The van der Waals surface area contributed by atoms with E-state index in [1.165, 1.54) is 6.08 Å². The third kappa shape index (κ3) is 0.883. The second-order valence-electron chi connectivity index (χ2n) is 1.49. The Labute approximate surface area is 50.6 Å². The molecule has 48 valence electrons. The molecule has 1 N–H and O–H groups in total. The third-order valence-electron chi connectivity index (χ3n) is 0.934. The maximum absolute atomic E-state index is 9.93. The van der Waals surface area contributed by atoms with Crippen molar-refractivity contribution in [3.8, 4) is 0 Å². The van der Waals surface area contributed by atoms with Crippen molar-refractivity contribution in [3.63, 3.8) is 0 Å². The van der Waals surface area contributed by atoms with E-state index in [2.05, 4.69) is 4.74 Å². The predicted molar refractivity (Wildman–Crippen MR) is 28.8 cm³/mol.